The first-order chi connectivity index (χ1) is 14.4. The van der Waals surface area contributed by atoms with Gasteiger partial charge < -0.3 is 14.8 Å². The summed E-state index contributed by atoms with van der Waals surface area (Å²) in [4.78, 5) is 27.4. The number of hydrogen-bond acceptors (Lipinski definition) is 5. The van der Waals surface area contributed by atoms with Crippen LogP contribution in [0.1, 0.15) is 25.0 Å². The first-order valence-corrected chi connectivity index (χ1v) is 10.2. The summed E-state index contributed by atoms with van der Waals surface area (Å²) in [6, 6.07) is 9.39. The largest absolute Gasteiger partial charge is 0.490 e. The lowest BCUT2D eigenvalue weighted by Crippen LogP contribution is -2.23. The molecule has 156 valence electrons. The number of amidine groups is 1. The molecule has 9 heteroatoms. The molecule has 0 radical (unpaired) electrons. The zero-order valence-corrected chi connectivity index (χ0v) is 17.8. The second-order valence-electron chi connectivity index (χ2n) is 6.20. The van der Waals surface area contributed by atoms with Gasteiger partial charge in [-0.3, -0.25) is 9.59 Å². The third kappa shape index (κ3) is 5.61. The van der Waals surface area contributed by atoms with Crippen molar-refractivity contribution in [1.82, 2.24) is 5.32 Å². The summed E-state index contributed by atoms with van der Waals surface area (Å²) in [6.45, 7) is 3.64. The van der Waals surface area contributed by atoms with Gasteiger partial charge in [0.25, 0.3) is 5.91 Å². The van der Waals surface area contributed by atoms with E-state index >= 15 is 0 Å². The van der Waals surface area contributed by atoms with E-state index in [0.717, 1.165) is 11.8 Å². The highest BCUT2D eigenvalue weighted by atomic mass is 35.5. The summed E-state index contributed by atoms with van der Waals surface area (Å²) < 4.78 is 24.8. The number of nitrogens with one attached hydrogen (secondary N) is 1. The van der Waals surface area contributed by atoms with E-state index in [9.17, 15) is 14.0 Å². The molecule has 1 N–H and O–H groups in total. The van der Waals surface area contributed by atoms with Gasteiger partial charge in [0.2, 0.25) is 5.91 Å². The number of halogens is 2. The Labute approximate surface area is 182 Å². The monoisotopic (exact) mass is 448 g/mol. The Morgan fingerprint density at radius 3 is 2.80 bits per heavy atom. The van der Waals surface area contributed by atoms with Crippen LogP contribution in [0, 0.1) is 5.82 Å². The van der Waals surface area contributed by atoms with E-state index in [2.05, 4.69) is 10.3 Å². The first-order valence-electron chi connectivity index (χ1n) is 8.99. The molecule has 1 aliphatic heterocycles. The van der Waals surface area contributed by atoms with Crippen molar-refractivity contribution >= 4 is 46.4 Å². The molecule has 0 aromatic heterocycles. The van der Waals surface area contributed by atoms with Crippen molar-refractivity contribution in [3.05, 3.63) is 63.3 Å². The first kappa shape index (κ1) is 21.9. The Morgan fingerprint density at radius 1 is 1.30 bits per heavy atom. The Balaban J connectivity index is 1.82. The van der Waals surface area contributed by atoms with E-state index in [0.29, 0.717) is 34.1 Å². The number of thioether (sulfide) groups is 1. The lowest BCUT2D eigenvalue weighted by Gasteiger charge is -2.15. The number of carbonyl (C=O) groups excluding carboxylic acids is 2. The molecule has 0 saturated carbocycles. The van der Waals surface area contributed by atoms with Gasteiger partial charge in [-0.25, -0.2) is 4.39 Å². The normalized spacial score (nSPS) is 14.6. The molecule has 0 fully saturated rings. The van der Waals surface area contributed by atoms with Crippen LogP contribution in [0.25, 0.3) is 6.08 Å². The average molecular weight is 449 g/mol. The third-order valence-electron chi connectivity index (χ3n) is 3.81. The maximum atomic E-state index is 13.4. The maximum Gasteiger partial charge on any atom is 0.286 e. The van der Waals surface area contributed by atoms with Gasteiger partial charge >= 0.3 is 0 Å². The fourth-order valence-corrected chi connectivity index (χ4v) is 3.75. The summed E-state index contributed by atoms with van der Waals surface area (Å²) >= 11 is 7.46. The molecular formula is C21H18ClFN2O4S. The molecule has 0 unspecified atom stereocenters. The standard InChI is InChI=1S/C21H18ClFN2O4S/c1-3-28-17-9-14(10-18-20(27)25-21(30-18)24-12(2)26)8-16(22)19(17)29-11-13-5-4-6-15(23)7-13/h4-10H,3,11H2,1-2H3,(H,24,25,26,27). The zero-order chi connectivity index (χ0) is 21.7. The van der Waals surface area contributed by atoms with Gasteiger partial charge in [0.1, 0.15) is 12.4 Å². The van der Waals surface area contributed by atoms with Gasteiger partial charge in [0.15, 0.2) is 16.7 Å². The molecule has 30 heavy (non-hydrogen) atoms. The number of benzene rings is 2. The lowest BCUT2D eigenvalue weighted by molar-refractivity contribution is -0.117. The molecule has 0 spiro atoms. The van der Waals surface area contributed by atoms with Crippen LogP contribution in [0.3, 0.4) is 0 Å². The summed E-state index contributed by atoms with van der Waals surface area (Å²) in [5.74, 6) is -0.396. The van der Waals surface area contributed by atoms with Crippen LogP contribution in [-0.4, -0.2) is 23.6 Å². The minimum Gasteiger partial charge on any atom is -0.490 e. The number of ether oxygens (including phenoxy) is 2. The minimum absolute atomic E-state index is 0.111. The molecule has 0 atom stereocenters. The molecule has 6 nitrogen and oxygen atoms in total. The summed E-state index contributed by atoms with van der Waals surface area (Å²) in [6.07, 6.45) is 1.61. The van der Waals surface area contributed by atoms with Crippen molar-refractivity contribution in [1.29, 1.82) is 0 Å². The van der Waals surface area contributed by atoms with E-state index < -0.39 is 5.91 Å². The number of aliphatic imine (C=N–C) groups is 1. The molecule has 2 aromatic carbocycles. The smallest absolute Gasteiger partial charge is 0.286 e. The second-order valence-corrected chi connectivity index (χ2v) is 7.63. The van der Waals surface area contributed by atoms with Crippen molar-refractivity contribution < 1.29 is 23.5 Å². The molecule has 1 heterocycles. The van der Waals surface area contributed by atoms with Crippen molar-refractivity contribution in [3.63, 3.8) is 0 Å². The Kier molecular flexibility index (Phi) is 7.12. The third-order valence-corrected chi connectivity index (χ3v) is 4.98. The number of rotatable bonds is 6. The molecule has 0 aliphatic carbocycles. The van der Waals surface area contributed by atoms with Gasteiger partial charge in [-0.15, -0.1) is 0 Å². The SMILES string of the molecule is CCOc1cc(C=C2SC(NC(C)=O)=NC2=O)cc(Cl)c1OCc1cccc(F)c1. The van der Waals surface area contributed by atoms with Crippen LogP contribution in [0.4, 0.5) is 4.39 Å². The lowest BCUT2D eigenvalue weighted by atomic mass is 10.1. The topological polar surface area (TPSA) is 77.0 Å². The van der Waals surface area contributed by atoms with Crippen LogP contribution in [-0.2, 0) is 16.2 Å². The second kappa shape index (κ2) is 9.77. The highest BCUT2D eigenvalue weighted by Gasteiger charge is 2.23. The van der Waals surface area contributed by atoms with E-state index in [1.807, 2.05) is 6.92 Å². The number of amides is 2. The Bertz CT molecular complexity index is 1060. The van der Waals surface area contributed by atoms with E-state index in [1.54, 1.807) is 30.3 Å². The van der Waals surface area contributed by atoms with E-state index in [1.165, 1.54) is 19.1 Å². The molecule has 1 aliphatic rings. The fourth-order valence-electron chi connectivity index (χ4n) is 2.62. The fraction of sp³-hybridized carbons (Fsp3) is 0.190. The number of nitrogens with zero attached hydrogens (tertiary/aromatic N) is 1. The molecular weight excluding hydrogens is 431 g/mol. The average Bonchev–Trinajstić information content (AvgIpc) is 2.99. The van der Waals surface area contributed by atoms with Crippen molar-refractivity contribution in [2.45, 2.75) is 20.5 Å². The van der Waals surface area contributed by atoms with E-state index in [4.69, 9.17) is 21.1 Å². The molecule has 2 aromatic rings. The minimum atomic E-state index is -0.454. The van der Waals surface area contributed by atoms with Crippen molar-refractivity contribution in [3.8, 4) is 11.5 Å². The van der Waals surface area contributed by atoms with Crippen molar-refractivity contribution in [2.24, 2.45) is 4.99 Å². The van der Waals surface area contributed by atoms with Crippen LogP contribution < -0.4 is 14.8 Å². The van der Waals surface area contributed by atoms with Crippen LogP contribution in [0.2, 0.25) is 5.02 Å². The van der Waals surface area contributed by atoms with Gasteiger partial charge in [-0.05, 0) is 60.2 Å². The molecule has 2 amide bonds. The Hall–Kier alpha value is -2.84. The number of hydrogen-bond donors (Lipinski definition) is 1. The van der Waals surface area contributed by atoms with Crippen LogP contribution >= 0.6 is 23.4 Å². The quantitative estimate of drug-likeness (QED) is 0.655. The Morgan fingerprint density at radius 2 is 2.10 bits per heavy atom. The van der Waals surface area contributed by atoms with Gasteiger partial charge in [0, 0.05) is 6.92 Å². The van der Waals surface area contributed by atoms with Crippen LogP contribution in [0.5, 0.6) is 11.5 Å². The predicted molar refractivity (Wildman–Crippen MR) is 115 cm³/mol. The molecule has 0 bridgehead atoms. The highest BCUT2D eigenvalue weighted by Crippen LogP contribution is 2.39. The van der Waals surface area contributed by atoms with Gasteiger partial charge in [0.05, 0.1) is 16.5 Å². The summed E-state index contributed by atoms with van der Waals surface area (Å²) in [5.41, 5.74) is 1.26. The molecule has 0 saturated heterocycles. The summed E-state index contributed by atoms with van der Waals surface area (Å²) in [7, 11) is 0. The number of carbonyl (C=O) groups is 2. The van der Waals surface area contributed by atoms with Crippen LogP contribution in [0.15, 0.2) is 46.3 Å². The summed E-state index contributed by atoms with van der Waals surface area (Å²) in [5, 5.41) is 3.00. The van der Waals surface area contributed by atoms with Gasteiger partial charge in [-0.2, -0.15) is 4.99 Å². The molecule has 3 rings (SSSR count). The van der Waals surface area contributed by atoms with E-state index in [-0.39, 0.29) is 28.5 Å². The highest BCUT2D eigenvalue weighted by molar-refractivity contribution is 8.18. The predicted octanol–water partition coefficient (Wildman–Crippen LogP) is 4.56. The maximum absolute atomic E-state index is 13.4. The van der Waals surface area contributed by atoms with Crippen molar-refractivity contribution in [2.75, 3.05) is 6.61 Å². The zero-order valence-electron chi connectivity index (χ0n) is 16.2. The van der Waals surface area contributed by atoms with Gasteiger partial charge in [-0.1, -0.05) is 23.7 Å².